The second kappa shape index (κ2) is 6.20. The summed E-state index contributed by atoms with van der Waals surface area (Å²) in [6, 6.07) is 3.87. The fourth-order valence-corrected chi connectivity index (χ4v) is 3.32. The number of aromatic nitrogens is 1. The lowest BCUT2D eigenvalue weighted by Gasteiger charge is -2.38. The zero-order chi connectivity index (χ0) is 14.8. The van der Waals surface area contributed by atoms with Crippen LogP contribution >= 0.6 is 11.6 Å². The molecule has 0 bridgehead atoms. The van der Waals surface area contributed by atoms with Crippen LogP contribution in [-0.4, -0.2) is 54.7 Å². The average molecular weight is 310 g/mol. The zero-order valence-electron chi connectivity index (χ0n) is 12.2. The SMILES string of the molecule is CN(CC(=O)N1CCO[C@@H]2CCC[C@H]21)c1ccc(Cl)cn1. The number of rotatable bonds is 3. The van der Waals surface area contributed by atoms with Crippen molar-refractivity contribution in [1.82, 2.24) is 9.88 Å². The van der Waals surface area contributed by atoms with Crippen LogP contribution in [0.1, 0.15) is 19.3 Å². The topological polar surface area (TPSA) is 45.7 Å². The van der Waals surface area contributed by atoms with Crippen molar-refractivity contribution < 1.29 is 9.53 Å². The Morgan fingerprint density at radius 1 is 1.52 bits per heavy atom. The second-order valence-corrected chi connectivity index (χ2v) is 6.12. The second-order valence-electron chi connectivity index (χ2n) is 5.69. The molecule has 1 aromatic heterocycles. The van der Waals surface area contributed by atoms with Gasteiger partial charge in [0.15, 0.2) is 0 Å². The first-order valence-corrected chi connectivity index (χ1v) is 7.77. The Balaban J connectivity index is 1.64. The molecule has 1 aliphatic carbocycles. The van der Waals surface area contributed by atoms with E-state index in [4.69, 9.17) is 16.3 Å². The smallest absolute Gasteiger partial charge is 0.242 e. The highest BCUT2D eigenvalue weighted by Gasteiger charge is 2.38. The van der Waals surface area contributed by atoms with Gasteiger partial charge >= 0.3 is 0 Å². The Morgan fingerprint density at radius 3 is 3.14 bits per heavy atom. The monoisotopic (exact) mass is 309 g/mol. The highest BCUT2D eigenvalue weighted by molar-refractivity contribution is 6.30. The molecule has 0 radical (unpaired) electrons. The van der Waals surface area contributed by atoms with E-state index in [1.165, 1.54) is 0 Å². The summed E-state index contributed by atoms with van der Waals surface area (Å²) in [5, 5.41) is 0.598. The molecular weight excluding hydrogens is 290 g/mol. The maximum absolute atomic E-state index is 12.6. The Hall–Kier alpha value is -1.33. The number of carbonyl (C=O) groups is 1. The van der Waals surface area contributed by atoms with Crippen molar-refractivity contribution in [2.24, 2.45) is 0 Å². The van der Waals surface area contributed by atoms with E-state index < -0.39 is 0 Å². The Bertz CT molecular complexity index is 508. The number of hydrogen-bond acceptors (Lipinski definition) is 4. The van der Waals surface area contributed by atoms with Crippen molar-refractivity contribution in [2.75, 3.05) is 31.6 Å². The van der Waals surface area contributed by atoms with E-state index in [-0.39, 0.29) is 18.1 Å². The van der Waals surface area contributed by atoms with Crippen molar-refractivity contribution in [1.29, 1.82) is 0 Å². The van der Waals surface area contributed by atoms with Gasteiger partial charge in [0, 0.05) is 19.8 Å². The van der Waals surface area contributed by atoms with E-state index >= 15 is 0 Å². The minimum Gasteiger partial charge on any atom is -0.374 e. The molecule has 2 aliphatic rings. The van der Waals surface area contributed by atoms with E-state index in [0.29, 0.717) is 24.7 Å². The lowest BCUT2D eigenvalue weighted by molar-refractivity contribution is -0.142. The standard InChI is InChI=1S/C15H20ClN3O2/c1-18(14-6-5-11(16)9-17-14)10-15(20)19-7-8-21-13-4-2-3-12(13)19/h5-6,9,12-13H,2-4,7-8,10H2,1H3/t12-,13-/m1/s1. The van der Waals surface area contributed by atoms with E-state index in [0.717, 1.165) is 25.1 Å². The fourth-order valence-electron chi connectivity index (χ4n) is 3.20. The van der Waals surface area contributed by atoms with Crippen LogP contribution in [0.4, 0.5) is 5.82 Å². The van der Waals surface area contributed by atoms with Gasteiger partial charge in [-0.1, -0.05) is 11.6 Å². The maximum Gasteiger partial charge on any atom is 0.242 e. The van der Waals surface area contributed by atoms with Gasteiger partial charge in [-0.2, -0.15) is 0 Å². The molecule has 21 heavy (non-hydrogen) atoms. The van der Waals surface area contributed by atoms with Crippen molar-refractivity contribution in [3.05, 3.63) is 23.4 Å². The molecule has 0 N–H and O–H groups in total. The third-order valence-corrected chi connectivity index (χ3v) is 4.50. The number of anilines is 1. The lowest BCUT2D eigenvalue weighted by atomic mass is 10.1. The van der Waals surface area contributed by atoms with E-state index in [1.54, 1.807) is 12.3 Å². The number of hydrogen-bond donors (Lipinski definition) is 0. The highest BCUT2D eigenvalue weighted by Crippen LogP contribution is 2.29. The molecule has 1 amide bonds. The number of ether oxygens (including phenoxy) is 1. The summed E-state index contributed by atoms with van der Waals surface area (Å²) in [4.78, 5) is 20.7. The van der Waals surface area contributed by atoms with Gasteiger partial charge in [0.05, 0.1) is 30.3 Å². The molecule has 5 nitrogen and oxygen atoms in total. The van der Waals surface area contributed by atoms with Gasteiger partial charge in [0.2, 0.25) is 5.91 Å². The van der Waals surface area contributed by atoms with Crippen LogP contribution in [0.15, 0.2) is 18.3 Å². The number of amides is 1. The van der Waals surface area contributed by atoms with Crippen LogP contribution < -0.4 is 4.90 Å². The van der Waals surface area contributed by atoms with Crippen molar-refractivity contribution in [2.45, 2.75) is 31.4 Å². The number of nitrogens with zero attached hydrogens (tertiary/aromatic N) is 3. The molecule has 114 valence electrons. The van der Waals surface area contributed by atoms with Crippen LogP contribution in [0, 0.1) is 0 Å². The summed E-state index contributed by atoms with van der Waals surface area (Å²) in [7, 11) is 1.88. The summed E-state index contributed by atoms with van der Waals surface area (Å²) in [5.74, 6) is 0.901. The molecule has 1 aliphatic heterocycles. The molecule has 0 unspecified atom stereocenters. The molecular formula is C15H20ClN3O2. The molecule has 2 fully saturated rings. The highest BCUT2D eigenvalue weighted by atomic mass is 35.5. The number of fused-ring (bicyclic) bond motifs is 1. The maximum atomic E-state index is 12.6. The van der Waals surface area contributed by atoms with Crippen LogP contribution in [0.2, 0.25) is 5.02 Å². The van der Waals surface area contributed by atoms with E-state index in [9.17, 15) is 4.79 Å². The number of halogens is 1. The third-order valence-electron chi connectivity index (χ3n) is 4.28. The first kappa shape index (κ1) is 14.6. The number of pyridine rings is 1. The molecule has 3 rings (SSSR count). The van der Waals surface area contributed by atoms with Gasteiger partial charge < -0.3 is 14.5 Å². The summed E-state index contributed by atoms with van der Waals surface area (Å²) >= 11 is 5.83. The van der Waals surface area contributed by atoms with Gasteiger partial charge in [-0.25, -0.2) is 4.98 Å². The molecule has 2 heterocycles. The number of likely N-dealkylation sites (N-methyl/N-ethyl adjacent to an activating group) is 1. The molecule has 6 heteroatoms. The Kier molecular flexibility index (Phi) is 4.31. The van der Waals surface area contributed by atoms with Gasteiger partial charge in [-0.15, -0.1) is 0 Å². The summed E-state index contributed by atoms with van der Waals surface area (Å²) < 4.78 is 5.75. The first-order valence-electron chi connectivity index (χ1n) is 7.39. The van der Waals surface area contributed by atoms with E-state index in [1.807, 2.05) is 22.9 Å². The predicted molar refractivity (Wildman–Crippen MR) is 81.6 cm³/mol. The largest absolute Gasteiger partial charge is 0.374 e. The number of morpholine rings is 1. The summed E-state index contributed by atoms with van der Waals surface area (Å²) in [6.07, 6.45) is 5.11. The molecule has 0 aromatic carbocycles. The van der Waals surface area contributed by atoms with Crippen LogP contribution in [0.25, 0.3) is 0 Å². The average Bonchev–Trinajstić information content (AvgIpc) is 2.96. The van der Waals surface area contributed by atoms with Crippen molar-refractivity contribution >= 4 is 23.3 Å². The third kappa shape index (κ3) is 3.14. The van der Waals surface area contributed by atoms with Gasteiger partial charge in [0.1, 0.15) is 5.82 Å². The predicted octanol–water partition coefficient (Wildman–Crippen LogP) is 1.95. The Morgan fingerprint density at radius 2 is 2.38 bits per heavy atom. The number of carbonyl (C=O) groups excluding carboxylic acids is 1. The molecule has 1 aromatic rings. The van der Waals surface area contributed by atoms with Gasteiger partial charge in [-0.3, -0.25) is 4.79 Å². The fraction of sp³-hybridized carbons (Fsp3) is 0.600. The zero-order valence-corrected chi connectivity index (χ0v) is 12.9. The normalized spacial score (nSPS) is 24.8. The van der Waals surface area contributed by atoms with Gasteiger partial charge in [0.25, 0.3) is 0 Å². The molecule has 0 spiro atoms. The van der Waals surface area contributed by atoms with Crippen LogP contribution in [-0.2, 0) is 9.53 Å². The van der Waals surface area contributed by atoms with Crippen LogP contribution in [0.5, 0.6) is 0 Å². The first-order chi connectivity index (χ1) is 10.1. The van der Waals surface area contributed by atoms with Gasteiger partial charge in [-0.05, 0) is 31.4 Å². The van der Waals surface area contributed by atoms with Crippen molar-refractivity contribution in [3.63, 3.8) is 0 Å². The minimum absolute atomic E-state index is 0.148. The summed E-state index contributed by atoms with van der Waals surface area (Å²) in [5.41, 5.74) is 0. The quantitative estimate of drug-likeness (QED) is 0.856. The Labute approximate surface area is 129 Å². The van der Waals surface area contributed by atoms with Crippen LogP contribution in [0.3, 0.4) is 0 Å². The minimum atomic E-state index is 0.148. The van der Waals surface area contributed by atoms with Crippen molar-refractivity contribution in [3.8, 4) is 0 Å². The molecule has 1 saturated heterocycles. The summed E-state index contributed by atoms with van der Waals surface area (Å²) in [6.45, 7) is 1.68. The van der Waals surface area contributed by atoms with E-state index in [2.05, 4.69) is 4.98 Å². The molecule has 2 atom stereocenters. The lowest BCUT2D eigenvalue weighted by Crippen LogP contribution is -2.53. The molecule has 1 saturated carbocycles.